The molecule has 35 heavy (non-hydrogen) atoms. The van der Waals surface area contributed by atoms with Crippen molar-refractivity contribution in [2.45, 2.75) is 25.3 Å². The molecule has 0 saturated heterocycles. The van der Waals surface area contributed by atoms with Gasteiger partial charge in [0, 0.05) is 38.1 Å². The number of non-ortho nitro benzene ring substituents is 1. The molecule has 1 aliphatic carbocycles. The van der Waals surface area contributed by atoms with Gasteiger partial charge < -0.3 is 14.4 Å². The van der Waals surface area contributed by atoms with Gasteiger partial charge in [0.25, 0.3) is 11.6 Å². The molecular formula is C25H28N4O6. The van der Waals surface area contributed by atoms with Gasteiger partial charge in [-0.3, -0.25) is 19.7 Å². The lowest BCUT2D eigenvalue weighted by Gasteiger charge is -2.27. The van der Waals surface area contributed by atoms with Crippen molar-refractivity contribution < 1.29 is 24.0 Å². The van der Waals surface area contributed by atoms with Crippen molar-refractivity contribution in [2.75, 3.05) is 33.9 Å². The molecule has 0 N–H and O–H groups in total. The van der Waals surface area contributed by atoms with Crippen LogP contribution in [-0.4, -0.2) is 66.3 Å². The number of benzene rings is 2. The first-order valence-corrected chi connectivity index (χ1v) is 11.5. The molecule has 184 valence electrons. The summed E-state index contributed by atoms with van der Waals surface area (Å²) in [4.78, 5) is 38.3. The second-order valence-electron chi connectivity index (χ2n) is 8.61. The number of carbonyl (C=O) groups excluding carboxylic acids is 2. The fourth-order valence-electron chi connectivity index (χ4n) is 4.07. The Labute approximate surface area is 203 Å². The molecule has 0 unspecified atom stereocenters. The van der Waals surface area contributed by atoms with Crippen LogP contribution in [-0.2, 0) is 14.3 Å². The number of hydrogen-bond donors (Lipinski definition) is 0. The van der Waals surface area contributed by atoms with Crippen molar-refractivity contribution in [2.24, 2.45) is 11.0 Å². The van der Waals surface area contributed by atoms with E-state index in [-0.39, 0.29) is 36.0 Å². The van der Waals surface area contributed by atoms with Crippen LogP contribution in [0.1, 0.15) is 36.4 Å². The first-order chi connectivity index (χ1) is 16.9. The molecule has 0 aromatic heterocycles. The lowest BCUT2D eigenvalue weighted by molar-refractivity contribution is -0.384. The number of hydrogen-bond acceptors (Lipinski definition) is 7. The highest BCUT2D eigenvalue weighted by molar-refractivity contribution is 6.03. The first kappa shape index (κ1) is 24.3. The molecule has 0 bridgehead atoms. The zero-order valence-corrected chi connectivity index (χ0v) is 19.8. The molecule has 1 fully saturated rings. The summed E-state index contributed by atoms with van der Waals surface area (Å²) >= 11 is 0. The van der Waals surface area contributed by atoms with E-state index >= 15 is 0 Å². The molecule has 10 heteroatoms. The third kappa shape index (κ3) is 5.65. The molecule has 2 amide bonds. The number of nitro groups is 1. The van der Waals surface area contributed by atoms with Gasteiger partial charge in [0.1, 0.15) is 12.3 Å². The van der Waals surface area contributed by atoms with Gasteiger partial charge in [0.05, 0.1) is 30.4 Å². The molecule has 2 aromatic rings. The fourth-order valence-corrected chi connectivity index (χ4v) is 4.07. The van der Waals surface area contributed by atoms with Crippen LogP contribution in [0, 0.1) is 16.0 Å². The Kier molecular flexibility index (Phi) is 7.40. The van der Waals surface area contributed by atoms with Crippen LogP contribution in [0.25, 0.3) is 0 Å². The van der Waals surface area contributed by atoms with Crippen molar-refractivity contribution >= 4 is 23.2 Å². The summed E-state index contributed by atoms with van der Waals surface area (Å²) in [7, 11) is 3.14. The molecule has 0 radical (unpaired) electrons. The third-order valence-electron chi connectivity index (χ3n) is 6.21. The van der Waals surface area contributed by atoms with Gasteiger partial charge >= 0.3 is 0 Å². The summed E-state index contributed by atoms with van der Waals surface area (Å²) in [5, 5.41) is 17.1. The van der Waals surface area contributed by atoms with E-state index in [1.165, 1.54) is 17.1 Å². The van der Waals surface area contributed by atoms with Gasteiger partial charge in [-0.2, -0.15) is 5.10 Å². The number of amides is 2. The Bertz CT molecular complexity index is 1110. The summed E-state index contributed by atoms with van der Waals surface area (Å²) in [5.74, 6) is 0.347. The average Bonchev–Trinajstić information content (AvgIpc) is 3.64. The normalized spacial score (nSPS) is 17.1. The summed E-state index contributed by atoms with van der Waals surface area (Å²) in [6.07, 6.45) is 2.12. The highest BCUT2D eigenvalue weighted by atomic mass is 16.6. The zero-order chi connectivity index (χ0) is 24.9. The summed E-state index contributed by atoms with van der Waals surface area (Å²) in [5.41, 5.74) is 2.21. The highest BCUT2D eigenvalue weighted by Gasteiger charge is 2.37. The van der Waals surface area contributed by atoms with Crippen LogP contribution in [0.2, 0.25) is 0 Å². The maximum absolute atomic E-state index is 13.5. The molecule has 1 heterocycles. The molecule has 1 saturated carbocycles. The van der Waals surface area contributed by atoms with Crippen LogP contribution < -0.4 is 4.74 Å². The Balaban J connectivity index is 1.60. The minimum atomic E-state index is -0.457. The number of nitro benzene ring substituents is 1. The van der Waals surface area contributed by atoms with Gasteiger partial charge in [-0.15, -0.1) is 0 Å². The minimum absolute atomic E-state index is 0.0145. The van der Waals surface area contributed by atoms with Crippen molar-refractivity contribution in [1.82, 2.24) is 9.91 Å². The number of ether oxygens (including phenoxy) is 2. The quantitative estimate of drug-likeness (QED) is 0.381. The standard InChI is InChI=1S/C25H28N4O6/c1-34-14-13-27(25(31)19-3-4-19)16-24(30)28-23(18-7-11-21(35-2)12-8-18)15-22(26-28)17-5-9-20(10-6-17)29(32)33/h5-12,19,23H,3-4,13-16H2,1-2H3/t23-/m0/s1. The lowest BCUT2D eigenvalue weighted by Crippen LogP contribution is -2.43. The second kappa shape index (κ2) is 10.6. The average molecular weight is 481 g/mol. The Morgan fingerprint density at radius 3 is 2.37 bits per heavy atom. The fraction of sp³-hybridized carbons (Fsp3) is 0.400. The van der Waals surface area contributed by atoms with Gasteiger partial charge in [-0.25, -0.2) is 5.01 Å². The Morgan fingerprint density at radius 2 is 1.80 bits per heavy atom. The monoisotopic (exact) mass is 480 g/mol. The van der Waals surface area contributed by atoms with E-state index < -0.39 is 4.92 Å². The van der Waals surface area contributed by atoms with E-state index in [0.29, 0.717) is 36.6 Å². The van der Waals surface area contributed by atoms with Crippen molar-refractivity contribution in [1.29, 1.82) is 0 Å². The van der Waals surface area contributed by atoms with Gasteiger partial charge in [0.2, 0.25) is 5.91 Å². The molecule has 1 atom stereocenters. The molecule has 2 aliphatic rings. The number of carbonyl (C=O) groups is 2. The summed E-state index contributed by atoms with van der Waals surface area (Å²) < 4.78 is 10.4. The van der Waals surface area contributed by atoms with Crippen molar-refractivity contribution in [3.05, 3.63) is 69.8 Å². The maximum Gasteiger partial charge on any atom is 0.269 e. The van der Waals surface area contributed by atoms with E-state index in [1.54, 1.807) is 31.3 Å². The summed E-state index contributed by atoms with van der Waals surface area (Å²) in [6, 6.07) is 13.2. The number of rotatable bonds is 10. The molecular weight excluding hydrogens is 452 g/mol. The van der Waals surface area contributed by atoms with Gasteiger partial charge in [-0.1, -0.05) is 12.1 Å². The van der Waals surface area contributed by atoms with Crippen LogP contribution >= 0.6 is 0 Å². The first-order valence-electron chi connectivity index (χ1n) is 11.5. The summed E-state index contributed by atoms with van der Waals surface area (Å²) in [6.45, 7) is 0.574. The molecule has 1 aliphatic heterocycles. The Hall–Kier alpha value is -3.79. The van der Waals surface area contributed by atoms with Crippen molar-refractivity contribution in [3.8, 4) is 5.75 Å². The van der Waals surface area contributed by atoms with E-state index in [0.717, 1.165) is 18.4 Å². The largest absolute Gasteiger partial charge is 0.497 e. The van der Waals surface area contributed by atoms with Crippen LogP contribution in [0.5, 0.6) is 5.75 Å². The minimum Gasteiger partial charge on any atom is -0.497 e. The van der Waals surface area contributed by atoms with E-state index in [9.17, 15) is 19.7 Å². The molecule has 2 aromatic carbocycles. The predicted molar refractivity (Wildman–Crippen MR) is 128 cm³/mol. The van der Waals surface area contributed by atoms with Gasteiger partial charge in [-0.05, 0) is 48.2 Å². The predicted octanol–water partition coefficient (Wildman–Crippen LogP) is 3.17. The van der Waals surface area contributed by atoms with Crippen LogP contribution in [0.3, 0.4) is 0 Å². The van der Waals surface area contributed by atoms with Crippen LogP contribution in [0.15, 0.2) is 53.6 Å². The SMILES string of the molecule is COCCN(CC(=O)N1N=C(c2ccc([N+](=O)[O-])cc2)C[C@H]1c1ccc(OC)cc1)C(=O)C1CC1. The van der Waals surface area contributed by atoms with Crippen LogP contribution in [0.4, 0.5) is 5.69 Å². The molecule has 0 spiro atoms. The number of nitrogens with zero attached hydrogens (tertiary/aromatic N) is 4. The van der Waals surface area contributed by atoms with E-state index in [2.05, 4.69) is 5.10 Å². The van der Waals surface area contributed by atoms with E-state index in [1.807, 2.05) is 24.3 Å². The smallest absolute Gasteiger partial charge is 0.269 e. The van der Waals surface area contributed by atoms with Gasteiger partial charge in [0.15, 0.2) is 0 Å². The zero-order valence-electron chi connectivity index (χ0n) is 19.8. The number of methoxy groups -OCH3 is 2. The highest BCUT2D eigenvalue weighted by Crippen LogP contribution is 2.35. The molecule has 10 nitrogen and oxygen atoms in total. The topological polar surface area (TPSA) is 115 Å². The maximum atomic E-state index is 13.5. The second-order valence-corrected chi connectivity index (χ2v) is 8.61. The lowest BCUT2D eigenvalue weighted by atomic mass is 9.98. The Morgan fingerprint density at radius 1 is 1.11 bits per heavy atom. The molecule has 4 rings (SSSR count). The van der Waals surface area contributed by atoms with E-state index in [4.69, 9.17) is 9.47 Å². The van der Waals surface area contributed by atoms with Crippen molar-refractivity contribution in [3.63, 3.8) is 0 Å². The third-order valence-corrected chi connectivity index (χ3v) is 6.21. The number of hydrazone groups is 1.